The normalized spacial score (nSPS) is 12.5. The number of nitrogens with one attached hydrogen (secondary N) is 1. The van der Waals surface area contributed by atoms with Gasteiger partial charge in [0.15, 0.2) is 0 Å². The van der Waals surface area contributed by atoms with Gasteiger partial charge in [0.2, 0.25) is 0 Å². The second kappa shape index (κ2) is 7.14. The standard InChI is InChI=1S/C15H23NO3/c1-10(2)7-13(15(18)19-4)16-9-12-8-11(3)5-6-14(12)17/h5-6,8,10,13,16-17H,7,9H2,1-4H3. The van der Waals surface area contributed by atoms with Gasteiger partial charge in [-0.25, -0.2) is 0 Å². The Bertz CT molecular complexity index is 429. The number of phenols is 1. The quantitative estimate of drug-likeness (QED) is 0.775. The predicted octanol–water partition coefficient (Wildman–Crippen LogP) is 2.38. The molecule has 0 aliphatic heterocycles. The van der Waals surface area contributed by atoms with Crippen molar-refractivity contribution in [2.45, 2.75) is 39.8 Å². The molecule has 2 N–H and O–H groups in total. The van der Waals surface area contributed by atoms with Crippen LogP contribution in [0.1, 0.15) is 31.4 Å². The number of aryl methyl sites for hydroxylation is 1. The molecule has 1 atom stereocenters. The summed E-state index contributed by atoms with van der Waals surface area (Å²) in [6, 6.07) is 5.09. The summed E-state index contributed by atoms with van der Waals surface area (Å²) in [6.07, 6.45) is 0.708. The zero-order valence-corrected chi connectivity index (χ0v) is 12.1. The highest BCUT2D eigenvalue weighted by Crippen LogP contribution is 2.18. The van der Waals surface area contributed by atoms with E-state index in [0.717, 1.165) is 11.1 Å². The maximum absolute atomic E-state index is 11.7. The first-order valence-corrected chi connectivity index (χ1v) is 6.53. The number of rotatable bonds is 6. The van der Waals surface area contributed by atoms with Gasteiger partial charge in [0.05, 0.1) is 7.11 Å². The van der Waals surface area contributed by atoms with Crippen molar-refractivity contribution < 1.29 is 14.6 Å². The van der Waals surface area contributed by atoms with E-state index in [1.54, 1.807) is 6.07 Å². The lowest BCUT2D eigenvalue weighted by Crippen LogP contribution is -2.38. The number of ether oxygens (including phenoxy) is 1. The van der Waals surface area contributed by atoms with Crippen molar-refractivity contribution in [3.8, 4) is 5.75 Å². The van der Waals surface area contributed by atoms with Gasteiger partial charge < -0.3 is 15.2 Å². The van der Waals surface area contributed by atoms with Crippen LogP contribution in [0.2, 0.25) is 0 Å². The van der Waals surface area contributed by atoms with Crippen LogP contribution in [0, 0.1) is 12.8 Å². The summed E-state index contributed by atoms with van der Waals surface area (Å²) in [5.74, 6) is 0.370. The molecule has 1 aromatic carbocycles. The topological polar surface area (TPSA) is 58.6 Å². The maximum atomic E-state index is 11.7. The van der Waals surface area contributed by atoms with E-state index in [9.17, 15) is 9.90 Å². The number of methoxy groups -OCH3 is 1. The highest BCUT2D eigenvalue weighted by atomic mass is 16.5. The third-order valence-electron chi connectivity index (χ3n) is 2.97. The molecule has 0 heterocycles. The van der Waals surface area contributed by atoms with Gasteiger partial charge in [-0.05, 0) is 25.3 Å². The molecule has 0 spiro atoms. The van der Waals surface area contributed by atoms with Crippen LogP contribution in [0.3, 0.4) is 0 Å². The Morgan fingerprint density at radius 1 is 1.42 bits per heavy atom. The number of esters is 1. The van der Waals surface area contributed by atoms with E-state index in [-0.39, 0.29) is 17.8 Å². The Balaban J connectivity index is 2.70. The summed E-state index contributed by atoms with van der Waals surface area (Å²) in [5, 5.41) is 12.9. The van der Waals surface area contributed by atoms with E-state index in [1.807, 2.05) is 19.1 Å². The van der Waals surface area contributed by atoms with Crippen molar-refractivity contribution in [1.82, 2.24) is 5.32 Å². The minimum Gasteiger partial charge on any atom is -0.508 e. The first-order chi connectivity index (χ1) is 8.93. The molecule has 19 heavy (non-hydrogen) atoms. The van der Waals surface area contributed by atoms with Crippen LogP contribution in [0.5, 0.6) is 5.75 Å². The van der Waals surface area contributed by atoms with Crippen molar-refractivity contribution in [3.05, 3.63) is 29.3 Å². The van der Waals surface area contributed by atoms with E-state index >= 15 is 0 Å². The van der Waals surface area contributed by atoms with Gasteiger partial charge in [0.25, 0.3) is 0 Å². The van der Waals surface area contributed by atoms with E-state index in [4.69, 9.17) is 4.74 Å². The van der Waals surface area contributed by atoms with E-state index in [2.05, 4.69) is 19.2 Å². The molecule has 0 fully saturated rings. The van der Waals surface area contributed by atoms with Crippen LogP contribution in [0.25, 0.3) is 0 Å². The van der Waals surface area contributed by atoms with Crippen LogP contribution >= 0.6 is 0 Å². The van der Waals surface area contributed by atoms with Crippen molar-refractivity contribution in [3.63, 3.8) is 0 Å². The minimum absolute atomic E-state index is 0.242. The Hall–Kier alpha value is -1.55. The average molecular weight is 265 g/mol. The smallest absolute Gasteiger partial charge is 0.322 e. The Labute approximate surface area is 114 Å². The van der Waals surface area contributed by atoms with Gasteiger partial charge in [-0.1, -0.05) is 31.5 Å². The number of hydrogen-bond donors (Lipinski definition) is 2. The van der Waals surface area contributed by atoms with Gasteiger partial charge in [-0.2, -0.15) is 0 Å². The second-order valence-electron chi connectivity index (χ2n) is 5.22. The Kier molecular flexibility index (Phi) is 5.83. The summed E-state index contributed by atoms with van der Waals surface area (Å²) >= 11 is 0. The molecule has 0 aromatic heterocycles. The SMILES string of the molecule is COC(=O)C(CC(C)C)NCc1cc(C)ccc1O. The highest BCUT2D eigenvalue weighted by Gasteiger charge is 2.20. The van der Waals surface area contributed by atoms with Gasteiger partial charge in [0.1, 0.15) is 11.8 Å². The first-order valence-electron chi connectivity index (χ1n) is 6.53. The molecule has 0 saturated heterocycles. The summed E-state index contributed by atoms with van der Waals surface area (Å²) in [5.41, 5.74) is 1.87. The molecule has 4 nitrogen and oxygen atoms in total. The molecular formula is C15H23NO3. The number of carbonyl (C=O) groups is 1. The largest absolute Gasteiger partial charge is 0.508 e. The average Bonchev–Trinajstić information content (AvgIpc) is 2.36. The lowest BCUT2D eigenvalue weighted by molar-refractivity contribution is -0.143. The molecule has 0 amide bonds. The van der Waals surface area contributed by atoms with Crippen LogP contribution in [0.4, 0.5) is 0 Å². The molecule has 1 rings (SSSR count). The fourth-order valence-corrected chi connectivity index (χ4v) is 1.97. The van der Waals surface area contributed by atoms with Gasteiger partial charge in [0, 0.05) is 12.1 Å². The van der Waals surface area contributed by atoms with E-state index in [0.29, 0.717) is 18.9 Å². The third-order valence-corrected chi connectivity index (χ3v) is 2.97. The van der Waals surface area contributed by atoms with Crippen LogP contribution < -0.4 is 5.32 Å². The van der Waals surface area contributed by atoms with Crippen LogP contribution in [0.15, 0.2) is 18.2 Å². The molecule has 4 heteroatoms. The number of benzene rings is 1. The monoisotopic (exact) mass is 265 g/mol. The summed E-state index contributed by atoms with van der Waals surface area (Å²) in [6.45, 7) is 6.53. The zero-order valence-electron chi connectivity index (χ0n) is 12.1. The molecule has 106 valence electrons. The molecule has 0 radical (unpaired) electrons. The first kappa shape index (κ1) is 15.5. The Morgan fingerprint density at radius 3 is 2.68 bits per heavy atom. The molecule has 0 aliphatic rings. The van der Waals surface area contributed by atoms with E-state index in [1.165, 1.54) is 7.11 Å². The van der Waals surface area contributed by atoms with Crippen LogP contribution in [-0.4, -0.2) is 24.2 Å². The zero-order chi connectivity index (χ0) is 14.4. The van der Waals surface area contributed by atoms with E-state index < -0.39 is 0 Å². The molecule has 0 saturated carbocycles. The molecular weight excluding hydrogens is 242 g/mol. The summed E-state index contributed by atoms with van der Waals surface area (Å²) in [7, 11) is 1.39. The minimum atomic E-state index is -0.343. The second-order valence-corrected chi connectivity index (χ2v) is 5.22. The van der Waals surface area contributed by atoms with Gasteiger partial charge in [-0.3, -0.25) is 4.79 Å². The molecule has 0 aliphatic carbocycles. The van der Waals surface area contributed by atoms with Crippen molar-refractivity contribution in [2.24, 2.45) is 5.92 Å². The van der Waals surface area contributed by atoms with Crippen LogP contribution in [-0.2, 0) is 16.1 Å². The van der Waals surface area contributed by atoms with Crippen molar-refractivity contribution >= 4 is 5.97 Å². The third kappa shape index (κ3) is 4.91. The summed E-state index contributed by atoms with van der Waals surface area (Å²) < 4.78 is 4.79. The fourth-order valence-electron chi connectivity index (χ4n) is 1.97. The molecule has 1 aromatic rings. The number of hydrogen-bond acceptors (Lipinski definition) is 4. The maximum Gasteiger partial charge on any atom is 0.322 e. The lowest BCUT2D eigenvalue weighted by atomic mass is 10.0. The number of phenolic OH excluding ortho intramolecular Hbond substituents is 1. The number of carbonyl (C=O) groups excluding carboxylic acids is 1. The number of aromatic hydroxyl groups is 1. The molecule has 0 bridgehead atoms. The Morgan fingerprint density at radius 2 is 2.11 bits per heavy atom. The lowest BCUT2D eigenvalue weighted by Gasteiger charge is -2.18. The highest BCUT2D eigenvalue weighted by molar-refractivity contribution is 5.75. The van der Waals surface area contributed by atoms with Gasteiger partial charge >= 0.3 is 5.97 Å². The van der Waals surface area contributed by atoms with Crippen molar-refractivity contribution in [1.29, 1.82) is 0 Å². The van der Waals surface area contributed by atoms with Crippen molar-refractivity contribution in [2.75, 3.05) is 7.11 Å². The van der Waals surface area contributed by atoms with Gasteiger partial charge in [-0.15, -0.1) is 0 Å². The molecule has 1 unspecified atom stereocenters. The summed E-state index contributed by atoms with van der Waals surface area (Å²) in [4.78, 5) is 11.7. The predicted molar refractivity (Wildman–Crippen MR) is 74.9 cm³/mol. The fraction of sp³-hybridized carbons (Fsp3) is 0.533.